The summed E-state index contributed by atoms with van der Waals surface area (Å²) in [4.78, 5) is 0. The van der Waals surface area contributed by atoms with E-state index in [1.165, 1.54) is 0 Å². The van der Waals surface area contributed by atoms with Crippen molar-refractivity contribution in [1.82, 2.24) is 0 Å². The van der Waals surface area contributed by atoms with Crippen LogP contribution < -0.4 is 0 Å². The SMILES string of the molecule is CCCC(CC=CI)OC(c1ccccc1)(c1ccccc1)c1ccccc1. The molecule has 3 aromatic carbocycles. The Bertz CT molecular complexity index is 747. The molecular weight excluding hydrogens is 455 g/mol. The monoisotopic (exact) mass is 482 g/mol. The summed E-state index contributed by atoms with van der Waals surface area (Å²) in [6.45, 7) is 2.22. The summed E-state index contributed by atoms with van der Waals surface area (Å²) < 4.78 is 9.17. The van der Waals surface area contributed by atoms with E-state index in [1.807, 2.05) is 0 Å². The molecule has 0 aliphatic carbocycles. The van der Waals surface area contributed by atoms with Crippen molar-refractivity contribution in [3.63, 3.8) is 0 Å². The normalized spacial score (nSPS) is 12.9. The van der Waals surface area contributed by atoms with Crippen LogP contribution in [0.15, 0.2) is 101 Å². The van der Waals surface area contributed by atoms with E-state index in [0.717, 1.165) is 36.0 Å². The van der Waals surface area contributed by atoms with Crippen LogP contribution in [0, 0.1) is 0 Å². The van der Waals surface area contributed by atoms with Crippen LogP contribution in [0.4, 0.5) is 0 Å². The Morgan fingerprint density at radius 1 is 0.786 bits per heavy atom. The lowest BCUT2D eigenvalue weighted by atomic mass is 9.79. The maximum atomic E-state index is 7.08. The highest BCUT2D eigenvalue weighted by Gasteiger charge is 2.39. The van der Waals surface area contributed by atoms with Crippen LogP contribution in [-0.2, 0) is 10.3 Å². The van der Waals surface area contributed by atoms with Crippen LogP contribution in [0.1, 0.15) is 42.9 Å². The third kappa shape index (κ3) is 4.73. The third-order valence-corrected chi connectivity index (χ3v) is 5.49. The van der Waals surface area contributed by atoms with Gasteiger partial charge in [0.1, 0.15) is 5.60 Å². The number of ether oxygens (including phenoxy) is 1. The molecule has 0 fully saturated rings. The lowest BCUT2D eigenvalue weighted by Gasteiger charge is -2.39. The number of hydrogen-bond acceptors (Lipinski definition) is 1. The minimum atomic E-state index is -0.636. The fourth-order valence-electron chi connectivity index (χ4n) is 3.72. The molecule has 0 aromatic heterocycles. The Hall–Kier alpha value is -1.91. The van der Waals surface area contributed by atoms with Gasteiger partial charge in [-0.15, -0.1) is 0 Å². The molecule has 0 aliphatic rings. The summed E-state index contributed by atoms with van der Waals surface area (Å²) in [5.41, 5.74) is 2.84. The highest BCUT2D eigenvalue weighted by molar-refractivity contribution is 14.1. The van der Waals surface area contributed by atoms with Crippen molar-refractivity contribution in [2.24, 2.45) is 0 Å². The molecule has 1 unspecified atom stereocenters. The fraction of sp³-hybridized carbons (Fsp3) is 0.231. The lowest BCUT2D eigenvalue weighted by molar-refractivity contribution is -0.0495. The maximum absolute atomic E-state index is 7.08. The Kier molecular flexibility index (Phi) is 7.87. The second-order valence-corrected chi connectivity index (χ2v) is 7.62. The van der Waals surface area contributed by atoms with Gasteiger partial charge in [0.05, 0.1) is 6.10 Å². The number of rotatable bonds is 9. The van der Waals surface area contributed by atoms with Crippen LogP contribution in [0.2, 0.25) is 0 Å². The van der Waals surface area contributed by atoms with Gasteiger partial charge in [0.2, 0.25) is 0 Å². The van der Waals surface area contributed by atoms with Crippen LogP contribution >= 0.6 is 22.6 Å². The summed E-state index contributed by atoms with van der Waals surface area (Å²) in [5.74, 6) is 0. The molecule has 0 amide bonds. The molecule has 2 heteroatoms. The Labute approximate surface area is 182 Å². The standard InChI is InChI=1S/C26H27IO/c1-2-13-25(20-12-21-27)28-26(22-14-6-3-7-15-22,23-16-8-4-9-17-23)24-18-10-5-11-19-24/h3-12,14-19,21,25H,2,13,20H2,1H3. The van der Waals surface area contributed by atoms with Crippen LogP contribution in [0.3, 0.4) is 0 Å². The average Bonchev–Trinajstić information content (AvgIpc) is 2.77. The van der Waals surface area contributed by atoms with Gasteiger partial charge < -0.3 is 4.74 Å². The van der Waals surface area contributed by atoms with Crippen molar-refractivity contribution >= 4 is 22.6 Å². The summed E-state index contributed by atoms with van der Waals surface area (Å²) >= 11 is 2.29. The molecule has 0 radical (unpaired) electrons. The molecule has 3 aromatic rings. The molecule has 0 aliphatic heterocycles. The maximum Gasteiger partial charge on any atom is 0.144 e. The van der Waals surface area contributed by atoms with Crippen LogP contribution in [0.25, 0.3) is 0 Å². The first-order valence-electron chi connectivity index (χ1n) is 9.91. The van der Waals surface area contributed by atoms with Gasteiger partial charge in [0.15, 0.2) is 0 Å². The van der Waals surface area contributed by atoms with Crippen molar-refractivity contribution in [2.45, 2.75) is 37.9 Å². The molecule has 28 heavy (non-hydrogen) atoms. The van der Waals surface area contributed by atoms with Gasteiger partial charge in [0, 0.05) is 0 Å². The van der Waals surface area contributed by atoms with Gasteiger partial charge in [-0.2, -0.15) is 0 Å². The predicted molar refractivity (Wildman–Crippen MR) is 127 cm³/mol. The van der Waals surface area contributed by atoms with E-state index in [0.29, 0.717) is 0 Å². The molecule has 1 nitrogen and oxygen atoms in total. The summed E-state index contributed by atoms with van der Waals surface area (Å²) in [6.07, 6.45) is 5.36. The first-order chi connectivity index (χ1) is 13.8. The third-order valence-electron chi connectivity index (χ3n) is 4.98. The zero-order valence-corrected chi connectivity index (χ0v) is 18.5. The van der Waals surface area contributed by atoms with Gasteiger partial charge in [-0.3, -0.25) is 0 Å². The zero-order valence-electron chi connectivity index (χ0n) is 16.3. The molecule has 1 atom stereocenters. The molecule has 0 bridgehead atoms. The van der Waals surface area contributed by atoms with Crippen LogP contribution in [-0.4, -0.2) is 6.10 Å². The average molecular weight is 482 g/mol. The van der Waals surface area contributed by atoms with E-state index in [9.17, 15) is 0 Å². The second-order valence-electron chi connectivity index (χ2n) is 6.91. The van der Waals surface area contributed by atoms with E-state index in [4.69, 9.17) is 4.74 Å². The highest BCUT2D eigenvalue weighted by Crippen LogP contribution is 2.42. The molecule has 0 N–H and O–H groups in total. The Morgan fingerprint density at radius 3 is 1.57 bits per heavy atom. The first kappa shape index (κ1) is 20.8. The lowest BCUT2D eigenvalue weighted by Crippen LogP contribution is -2.37. The molecule has 0 heterocycles. The highest BCUT2D eigenvalue weighted by atomic mass is 127. The molecule has 0 saturated carbocycles. The summed E-state index contributed by atoms with van der Waals surface area (Å²) in [5, 5.41) is 0. The molecule has 0 saturated heterocycles. The van der Waals surface area contributed by atoms with E-state index in [2.05, 4.69) is 131 Å². The van der Waals surface area contributed by atoms with Crippen molar-refractivity contribution in [1.29, 1.82) is 0 Å². The van der Waals surface area contributed by atoms with Crippen molar-refractivity contribution in [3.05, 3.63) is 118 Å². The minimum Gasteiger partial charge on any atom is -0.357 e. The summed E-state index contributed by atoms with van der Waals surface area (Å²) in [7, 11) is 0. The smallest absolute Gasteiger partial charge is 0.144 e. The Balaban J connectivity index is 2.21. The predicted octanol–water partition coefficient (Wildman–Crippen LogP) is 7.50. The number of hydrogen-bond donors (Lipinski definition) is 0. The quantitative estimate of drug-likeness (QED) is 0.227. The zero-order chi connectivity index (χ0) is 19.7. The second kappa shape index (κ2) is 10.6. The van der Waals surface area contributed by atoms with Gasteiger partial charge in [-0.05, 0) is 33.6 Å². The van der Waals surface area contributed by atoms with E-state index in [1.54, 1.807) is 0 Å². The topological polar surface area (TPSA) is 9.23 Å². The van der Waals surface area contributed by atoms with E-state index < -0.39 is 5.60 Å². The molecule has 3 rings (SSSR count). The largest absolute Gasteiger partial charge is 0.357 e. The van der Waals surface area contributed by atoms with Gasteiger partial charge in [0.25, 0.3) is 0 Å². The van der Waals surface area contributed by atoms with Crippen molar-refractivity contribution in [3.8, 4) is 0 Å². The van der Waals surface area contributed by atoms with Gasteiger partial charge >= 0.3 is 0 Å². The van der Waals surface area contributed by atoms with Crippen molar-refractivity contribution in [2.75, 3.05) is 0 Å². The number of halogens is 1. The first-order valence-corrected chi connectivity index (χ1v) is 11.2. The molecular formula is C26H27IO. The van der Waals surface area contributed by atoms with E-state index in [-0.39, 0.29) is 6.10 Å². The van der Waals surface area contributed by atoms with Gasteiger partial charge in [-0.25, -0.2) is 0 Å². The molecule has 0 spiro atoms. The van der Waals surface area contributed by atoms with Crippen LogP contribution in [0.5, 0.6) is 0 Å². The fourth-order valence-corrected chi connectivity index (χ4v) is 4.02. The van der Waals surface area contributed by atoms with E-state index >= 15 is 0 Å². The number of benzene rings is 3. The molecule has 144 valence electrons. The minimum absolute atomic E-state index is 0.136. The Morgan fingerprint density at radius 2 is 1.21 bits per heavy atom. The van der Waals surface area contributed by atoms with Gasteiger partial charge in [-0.1, -0.05) is 133 Å². The summed E-state index contributed by atoms with van der Waals surface area (Å²) in [6, 6.07) is 31.8. The van der Waals surface area contributed by atoms with Crippen molar-refractivity contribution < 1.29 is 4.74 Å².